The van der Waals surface area contributed by atoms with Crippen LogP contribution in [0.3, 0.4) is 0 Å². The molecule has 0 aromatic heterocycles. The average molecular weight is 258 g/mol. The minimum absolute atomic E-state index is 0.884. The van der Waals surface area contributed by atoms with Gasteiger partial charge in [-0.1, -0.05) is 48.0 Å². The molecule has 1 aliphatic heterocycles. The molecule has 0 aromatic carbocycles. The lowest BCUT2D eigenvalue weighted by Crippen LogP contribution is -2.36. The summed E-state index contributed by atoms with van der Waals surface area (Å²) in [5.74, 6) is 1.77. The second kappa shape index (κ2) is 16.9. The molecule has 18 heavy (non-hydrogen) atoms. The molecule has 1 heterocycles. The van der Waals surface area contributed by atoms with Crippen LogP contribution < -0.4 is 10.6 Å². The third-order valence-electron chi connectivity index (χ3n) is 3.08. The second-order valence-electron chi connectivity index (χ2n) is 5.22. The molecule has 2 N–H and O–H groups in total. The molecule has 2 heteroatoms. The summed E-state index contributed by atoms with van der Waals surface area (Å²) in [5, 5.41) is 6.89. The molecule has 1 fully saturated rings. The third-order valence-corrected chi connectivity index (χ3v) is 3.08. The van der Waals surface area contributed by atoms with Gasteiger partial charge in [0.2, 0.25) is 0 Å². The molecule has 1 unspecified atom stereocenters. The molecule has 0 spiro atoms. The van der Waals surface area contributed by atoms with Gasteiger partial charge in [-0.2, -0.15) is 0 Å². The molecule has 0 aromatic rings. The zero-order valence-electron chi connectivity index (χ0n) is 13.8. The lowest BCUT2D eigenvalue weighted by Gasteiger charge is -2.22. The molecule has 1 rings (SSSR count). The van der Waals surface area contributed by atoms with Gasteiger partial charge in [0.25, 0.3) is 0 Å². The van der Waals surface area contributed by atoms with Gasteiger partial charge in [0.1, 0.15) is 0 Å². The first kappa shape index (κ1) is 20.2. The minimum Gasteiger partial charge on any atom is -0.316 e. The van der Waals surface area contributed by atoms with E-state index < -0.39 is 0 Å². The SMILES string of the molecule is CC.CCC(C)C.CCCNCC1CCCNC1. The van der Waals surface area contributed by atoms with E-state index in [1.54, 1.807) is 0 Å². The Morgan fingerprint density at radius 3 is 2.22 bits per heavy atom. The molecule has 2 nitrogen and oxygen atoms in total. The van der Waals surface area contributed by atoms with Crippen LogP contribution >= 0.6 is 0 Å². The summed E-state index contributed by atoms with van der Waals surface area (Å²) >= 11 is 0. The lowest BCUT2D eigenvalue weighted by molar-refractivity contribution is 0.361. The molecule has 0 saturated carbocycles. The van der Waals surface area contributed by atoms with E-state index >= 15 is 0 Å². The van der Waals surface area contributed by atoms with Crippen molar-refractivity contribution in [1.82, 2.24) is 10.6 Å². The van der Waals surface area contributed by atoms with Gasteiger partial charge in [-0.15, -0.1) is 0 Å². The van der Waals surface area contributed by atoms with Gasteiger partial charge in [-0.3, -0.25) is 0 Å². The molecule has 0 radical (unpaired) electrons. The van der Waals surface area contributed by atoms with Crippen molar-refractivity contribution in [1.29, 1.82) is 0 Å². The van der Waals surface area contributed by atoms with Crippen molar-refractivity contribution < 1.29 is 0 Å². The van der Waals surface area contributed by atoms with Crippen LogP contribution in [0.2, 0.25) is 0 Å². The van der Waals surface area contributed by atoms with E-state index in [4.69, 9.17) is 0 Å². The van der Waals surface area contributed by atoms with Gasteiger partial charge >= 0.3 is 0 Å². The summed E-state index contributed by atoms with van der Waals surface area (Å²) in [6.45, 7) is 17.7. The van der Waals surface area contributed by atoms with Gasteiger partial charge in [0.15, 0.2) is 0 Å². The largest absolute Gasteiger partial charge is 0.316 e. The first-order valence-electron chi connectivity index (χ1n) is 8.12. The van der Waals surface area contributed by atoms with Crippen LogP contribution in [0.5, 0.6) is 0 Å². The van der Waals surface area contributed by atoms with Gasteiger partial charge in [-0.25, -0.2) is 0 Å². The summed E-state index contributed by atoms with van der Waals surface area (Å²) < 4.78 is 0. The zero-order valence-corrected chi connectivity index (χ0v) is 13.8. The summed E-state index contributed by atoms with van der Waals surface area (Å²) in [7, 11) is 0. The summed E-state index contributed by atoms with van der Waals surface area (Å²) in [6, 6.07) is 0. The molecule has 112 valence electrons. The van der Waals surface area contributed by atoms with E-state index in [2.05, 4.69) is 38.3 Å². The highest BCUT2D eigenvalue weighted by atomic mass is 14.9. The molecular formula is C16H38N2. The Bertz CT molecular complexity index is 129. The van der Waals surface area contributed by atoms with Crippen molar-refractivity contribution in [3.63, 3.8) is 0 Å². The van der Waals surface area contributed by atoms with E-state index in [0.29, 0.717) is 0 Å². The van der Waals surface area contributed by atoms with E-state index in [-0.39, 0.29) is 0 Å². The second-order valence-corrected chi connectivity index (χ2v) is 5.22. The molecule has 1 saturated heterocycles. The van der Waals surface area contributed by atoms with Crippen molar-refractivity contribution in [2.75, 3.05) is 26.2 Å². The van der Waals surface area contributed by atoms with Crippen LogP contribution in [0, 0.1) is 11.8 Å². The van der Waals surface area contributed by atoms with Crippen molar-refractivity contribution >= 4 is 0 Å². The van der Waals surface area contributed by atoms with Crippen molar-refractivity contribution in [3.05, 3.63) is 0 Å². The predicted molar refractivity (Wildman–Crippen MR) is 85.2 cm³/mol. The fourth-order valence-corrected chi connectivity index (χ4v) is 1.58. The van der Waals surface area contributed by atoms with E-state index in [9.17, 15) is 0 Å². The van der Waals surface area contributed by atoms with Gasteiger partial charge in [0.05, 0.1) is 0 Å². The highest BCUT2D eigenvalue weighted by molar-refractivity contribution is 4.70. The highest BCUT2D eigenvalue weighted by Gasteiger charge is 2.11. The Morgan fingerprint density at radius 2 is 1.83 bits per heavy atom. The Balaban J connectivity index is 0. The number of rotatable bonds is 5. The smallest absolute Gasteiger partial charge is 0.000837 e. The lowest BCUT2D eigenvalue weighted by atomic mass is 10.00. The van der Waals surface area contributed by atoms with Gasteiger partial charge in [-0.05, 0) is 57.3 Å². The summed E-state index contributed by atoms with van der Waals surface area (Å²) in [6.07, 6.45) is 5.32. The summed E-state index contributed by atoms with van der Waals surface area (Å²) in [5.41, 5.74) is 0. The van der Waals surface area contributed by atoms with Crippen LogP contribution in [0.1, 0.15) is 67.2 Å². The predicted octanol–water partition coefficient (Wildman–Crippen LogP) is 4.06. The van der Waals surface area contributed by atoms with Crippen LogP contribution in [-0.4, -0.2) is 26.2 Å². The Hall–Kier alpha value is -0.0800. The Kier molecular flexibility index (Phi) is 19.0. The third kappa shape index (κ3) is 15.9. The maximum absolute atomic E-state index is 3.46. The quantitative estimate of drug-likeness (QED) is 0.727. The van der Waals surface area contributed by atoms with Crippen LogP contribution in [0.15, 0.2) is 0 Å². The molecule has 0 amide bonds. The number of hydrogen-bond acceptors (Lipinski definition) is 2. The highest BCUT2D eigenvalue weighted by Crippen LogP contribution is 2.07. The normalized spacial score (nSPS) is 18.5. The number of piperidine rings is 1. The Labute approximate surface area is 116 Å². The van der Waals surface area contributed by atoms with Gasteiger partial charge < -0.3 is 10.6 Å². The number of hydrogen-bond donors (Lipinski definition) is 2. The number of nitrogens with one attached hydrogen (secondary N) is 2. The fraction of sp³-hybridized carbons (Fsp3) is 1.00. The topological polar surface area (TPSA) is 24.1 Å². The standard InChI is InChI=1S/C9H20N2.C5H12.C2H6/c1-2-5-10-7-9-4-3-6-11-8-9;1-4-5(2)3;1-2/h9-11H,2-8H2,1H3;5H,4H2,1-3H3;1-2H3. The van der Waals surface area contributed by atoms with Crippen LogP contribution in [-0.2, 0) is 0 Å². The Morgan fingerprint density at radius 1 is 1.22 bits per heavy atom. The van der Waals surface area contributed by atoms with E-state index in [1.807, 2.05) is 13.8 Å². The monoisotopic (exact) mass is 258 g/mol. The van der Waals surface area contributed by atoms with Crippen molar-refractivity contribution in [2.45, 2.75) is 67.2 Å². The average Bonchev–Trinajstić information content (AvgIpc) is 2.43. The van der Waals surface area contributed by atoms with Crippen molar-refractivity contribution in [2.24, 2.45) is 11.8 Å². The molecule has 1 atom stereocenters. The molecule has 1 aliphatic rings. The van der Waals surface area contributed by atoms with Crippen LogP contribution in [0.25, 0.3) is 0 Å². The van der Waals surface area contributed by atoms with Crippen LogP contribution in [0.4, 0.5) is 0 Å². The maximum Gasteiger partial charge on any atom is -0.000837 e. The van der Waals surface area contributed by atoms with Crippen molar-refractivity contribution in [3.8, 4) is 0 Å². The first-order valence-corrected chi connectivity index (χ1v) is 8.12. The maximum atomic E-state index is 3.46. The summed E-state index contributed by atoms with van der Waals surface area (Å²) in [4.78, 5) is 0. The molecule has 0 bridgehead atoms. The first-order chi connectivity index (χ1) is 8.70. The van der Waals surface area contributed by atoms with E-state index in [0.717, 1.165) is 11.8 Å². The van der Waals surface area contributed by atoms with E-state index in [1.165, 1.54) is 51.9 Å². The molecule has 0 aliphatic carbocycles. The van der Waals surface area contributed by atoms with Gasteiger partial charge in [0, 0.05) is 0 Å². The minimum atomic E-state index is 0.884. The zero-order chi connectivity index (χ0) is 14.2. The fourth-order valence-electron chi connectivity index (χ4n) is 1.58. The molecular weight excluding hydrogens is 220 g/mol.